The summed E-state index contributed by atoms with van der Waals surface area (Å²) in [4.78, 5) is 11.5. The molecular formula is C12H16ClFN2O. The number of amides is 1. The number of halogens is 2. The van der Waals surface area contributed by atoms with Crippen LogP contribution in [0.5, 0.6) is 0 Å². The molecule has 3 N–H and O–H groups in total. The van der Waals surface area contributed by atoms with Crippen LogP contribution in [0.3, 0.4) is 0 Å². The Morgan fingerprint density at radius 3 is 2.76 bits per heavy atom. The monoisotopic (exact) mass is 258 g/mol. The van der Waals surface area contributed by atoms with Crippen molar-refractivity contribution in [3.63, 3.8) is 0 Å². The summed E-state index contributed by atoms with van der Waals surface area (Å²) in [6.07, 6.45) is 2.95. The number of nitrogens with one attached hydrogen (secondary N) is 1. The van der Waals surface area contributed by atoms with E-state index in [0.29, 0.717) is 18.0 Å². The zero-order valence-corrected chi connectivity index (χ0v) is 10.3. The van der Waals surface area contributed by atoms with Crippen LogP contribution in [0.2, 0.25) is 5.02 Å². The first kappa shape index (κ1) is 13.9. The molecule has 5 heteroatoms. The number of carbonyl (C=O) groups excluding carboxylic acids is 1. The Balaban J connectivity index is 2.40. The SMILES string of the molecule is NCCCCCC(=O)Nc1ccc(Cl)cc1F. The van der Waals surface area contributed by atoms with Crippen molar-refractivity contribution in [2.75, 3.05) is 11.9 Å². The first-order valence-corrected chi connectivity index (χ1v) is 5.96. The molecule has 0 unspecified atom stereocenters. The van der Waals surface area contributed by atoms with Crippen LogP contribution in [0.4, 0.5) is 10.1 Å². The molecule has 0 aliphatic rings. The molecule has 0 atom stereocenters. The Hall–Kier alpha value is -1.13. The molecule has 3 nitrogen and oxygen atoms in total. The Morgan fingerprint density at radius 2 is 2.12 bits per heavy atom. The maximum atomic E-state index is 13.3. The van der Waals surface area contributed by atoms with Crippen LogP contribution in [0.1, 0.15) is 25.7 Å². The van der Waals surface area contributed by atoms with Gasteiger partial charge in [-0.1, -0.05) is 18.0 Å². The Kier molecular flexibility index (Phi) is 5.94. The van der Waals surface area contributed by atoms with Crippen molar-refractivity contribution in [3.05, 3.63) is 29.0 Å². The Morgan fingerprint density at radius 1 is 1.35 bits per heavy atom. The highest BCUT2D eigenvalue weighted by Gasteiger charge is 2.06. The van der Waals surface area contributed by atoms with Gasteiger partial charge in [0.05, 0.1) is 5.69 Å². The van der Waals surface area contributed by atoms with Gasteiger partial charge in [-0.15, -0.1) is 0 Å². The molecule has 0 fully saturated rings. The van der Waals surface area contributed by atoms with E-state index < -0.39 is 5.82 Å². The van der Waals surface area contributed by atoms with Crippen LogP contribution < -0.4 is 11.1 Å². The number of nitrogens with two attached hydrogens (primary N) is 1. The fraction of sp³-hybridized carbons (Fsp3) is 0.417. The zero-order valence-electron chi connectivity index (χ0n) is 9.51. The number of benzene rings is 1. The summed E-state index contributed by atoms with van der Waals surface area (Å²) in [6.45, 7) is 0.632. The van der Waals surface area contributed by atoms with Gasteiger partial charge in [-0.3, -0.25) is 4.79 Å². The second-order valence-corrected chi connectivity index (χ2v) is 4.21. The molecule has 0 aromatic heterocycles. The molecule has 0 spiro atoms. The molecule has 1 aromatic rings. The number of rotatable bonds is 6. The predicted octanol–water partition coefficient (Wildman–Crippen LogP) is 2.94. The summed E-state index contributed by atoms with van der Waals surface area (Å²) in [5.41, 5.74) is 5.51. The van der Waals surface area contributed by atoms with Crippen molar-refractivity contribution in [2.24, 2.45) is 5.73 Å². The summed E-state index contributed by atoms with van der Waals surface area (Å²) in [5, 5.41) is 2.82. The maximum absolute atomic E-state index is 13.3. The maximum Gasteiger partial charge on any atom is 0.224 e. The lowest BCUT2D eigenvalue weighted by Crippen LogP contribution is -2.12. The minimum absolute atomic E-state index is 0.165. The van der Waals surface area contributed by atoms with Gasteiger partial charge in [-0.05, 0) is 37.6 Å². The van der Waals surface area contributed by atoms with Gasteiger partial charge in [0.25, 0.3) is 0 Å². The van der Waals surface area contributed by atoms with Crippen LogP contribution in [0, 0.1) is 5.82 Å². The van der Waals surface area contributed by atoms with E-state index in [1.54, 1.807) is 0 Å². The lowest BCUT2D eigenvalue weighted by molar-refractivity contribution is -0.116. The number of hydrogen-bond donors (Lipinski definition) is 2. The van der Waals surface area contributed by atoms with E-state index in [2.05, 4.69) is 5.32 Å². The molecule has 0 aliphatic heterocycles. The van der Waals surface area contributed by atoms with E-state index in [1.165, 1.54) is 18.2 Å². The summed E-state index contributed by atoms with van der Waals surface area (Å²) < 4.78 is 13.3. The molecule has 0 saturated heterocycles. The molecule has 17 heavy (non-hydrogen) atoms. The second kappa shape index (κ2) is 7.25. The van der Waals surface area contributed by atoms with Gasteiger partial charge in [0.1, 0.15) is 5.82 Å². The van der Waals surface area contributed by atoms with Crippen molar-refractivity contribution in [1.29, 1.82) is 0 Å². The third-order valence-corrected chi connectivity index (χ3v) is 2.55. The van der Waals surface area contributed by atoms with E-state index >= 15 is 0 Å². The highest BCUT2D eigenvalue weighted by atomic mass is 35.5. The Labute approximate surface area is 105 Å². The smallest absolute Gasteiger partial charge is 0.224 e. The molecule has 0 heterocycles. The third-order valence-electron chi connectivity index (χ3n) is 2.31. The van der Waals surface area contributed by atoms with Crippen molar-refractivity contribution in [1.82, 2.24) is 0 Å². The average molecular weight is 259 g/mol. The lowest BCUT2D eigenvalue weighted by atomic mass is 10.2. The van der Waals surface area contributed by atoms with Crippen LogP contribution in [0.15, 0.2) is 18.2 Å². The standard InChI is InChI=1S/C12H16ClFN2O/c13-9-5-6-11(10(14)8-9)16-12(17)4-2-1-3-7-15/h5-6,8H,1-4,7,15H2,(H,16,17). The quantitative estimate of drug-likeness (QED) is 0.771. The molecule has 0 saturated carbocycles. The molecule has 1 rings (SSSR count). The van der Waals surface area contributed by atoms with E-state index in [-0.39, 0.29) is 11.6 Å². The number of anilines is 1. The number of unbranched alkanes of at least 4 members (excludes halogenated alkanes) is 2. The van der Waals surface area contributed by atoms with Crippen LogP contribution in [-0.4, -0.2) is 12.5 Å². The fourth-order valence-electron chi connectivity index (χ4n) is 1.41. The number of carbonyl (C=O) groups is 1. The van der Waals surface area contributed by atoms with Gasteiger partial charge in [-0.2, -0.15) is 0 Å². The highest BCUT2D eigenvalue weighted by molar-refractivity contribution is 6.30. The first-order chi connectivity index (χ1) is 8.13. The molecular weight excluding hydrogens is 243 g/mol. The fourth-order valence-corrected chi connectivity index (χ4v) is 1.57. The molecule has 94 valence electrons. The van der Waals surface area contributed by atoms with Crippen molar-refractivity contribution < 1.29 is 9.18 Å². The minimum atomic E-state index is -0.521. The molecule has 1 aromatic carbocycles. The summed E-state index contributed by atoms with van der Waals surface area (Å²) in [5.74, 6) is -0.712. The summed E-state index contributed by atoms with van der Waals surface area (Å²) in [6, 6.07) is 4.16. The zero-order chi connectivity index (χ0) is 12.7. The molecule has 0 bridgehead atoms. The first-order valence-electron chi connectivity index (χ1n) is 5.58. The van der Waals surface area contributed by atoms with Crippen molar-refractivity contribution in [3.8, 4) is 0 Å². The lowest BCUT2D eigenvalue weighted by Gasteiger charge is -2.06. The molecule has 1 amide bonds. The van der Waals surface area contributed by atoms with Gasteiger partial charge >= 0.3 is 0 Å². The topological polar surface area (TPSA) is 55.1 Å². The van der Waals surface area contributed by atoms with Gasteiger partial charge in [-0.25, -0.2) is 4.39 Å². The molecule has 0 aliphatic carbocycles. The molecule has 0 radical (unpaired) electrons. The predicted molar refractivity (Wildman–Crippen MR) is 67.6 cm³/mol. The highest BCUT2D eigenvalue weighted by Crippen LogP contribution is 2.19. The number of hydrogen-bond acceptors (Lipinski definition) is 2. The van der Waals surface area contributed by atoms with Gasteiger partial charge in [0.15, 0.2) is 0 Å². The largest absolute Gasteiger partial charge is 0.330 e. The second-order valence-electron chi connectivity index (χ2n) is 3.77. The van der Waals surface area contributed by atoms with Gasteiger partial charge in [0.2, 0.25) is 5.91 Å². The van der Waals surface area contributed by atoms with Gasteiger partial charge in [0, 0.05) is 11.4 Å². The minimum Gasteiger partial charge on any atom is -0.330 e. The normalized spacial score (nSPS) is 10.3. The van der Waals surface area contributed by atoms with Crippen LogP contribution >= 0.6 is 11.6 Å². The van der Waals surface area contributed by atoms with Crippen molar-refractivity contribution in [2.45, 2.75) is 25.7 Å². The van der Waals surface area contributed by atoms with Crippen molar-refractivity contribution >= 4 is 23.2 Å². The van der Waals surface area contributed by atoms with E-state index in [4.69, 9.17) is 17.3 Å². The van der Waals surface area contributed by atoms with Crippen LogP contribution in [-0.2, 0) is 4.79 Å². The van der Waals surface area contributed by atoms with Crippen LogP contribution in [0.25, 0.3) is 0 Å². The average Bonchev–Trinajstić information content (AvgIpc) is 2.28. The van der Waals surface area contributed by atoms with E-state index in [0.717, 1.165) is 19.3 Å². The third kappa shape index (κ3) is 5.15. The Bertz CT molecular complexity index is 385. The van der Waals surface area contributed by atoms with E-state index in [1.807, 2.05) is 0 Å². The summed E-state index contributed by atoms with van der Waals surface area (Å²) in [7, 11) is 0. The summed E-state index contributed by atoms with van der Waals surface area (Å²) >= 11 is 5.61. The van der Waals surface area contributed by atoms with Gasteiger partial charge < -0.3 is 11.1 Å². The van der Waals surface area contributed by atoms with E-state index in [9.17, 15) is 9.18 Å².